The number of carbonyl (C=O) groups excluding carboxylic acids is 1. The number of halogens is 1. The van der Waals surface area contributed by atoms with Crippen molar-refractivity contribution in [3.8, 4) is 0 Å². The highest BCUT2D eigenvalue weighted by molar-refractivity contribution is 6.01. The molecule has 2 aromatic carbocycles. The van der Waals surface area contributed by atoms with Gasteiger partial charge in [-0.2, -0.15) is 0 Å². The van der Waals surface area contributed by atoms with Crippen LogP contribution >= 0.6 is 0 Å². The summed E-state index contributed by atoms with van der Waals surface area (Å²) < 4.78 is 13.4. The van der Waals surface area contributed by atoms with Gasteiger partial charge >= 0.3 is 0 Å². The van der Waals surface area contributed by atoms with Gasteiger partial charge in [0, 0.05) is 41.8 Å². The van der Waals surface area contributed by atoms with Crippen molar-refractivity contribution < 1.29 is 9.18 Å². The van der Waals surface area contributed by atoms with E-state index in [0.29, 0.717) is 22.5 Å². The second-order valence-corrected chi connectivity index (χ2v) is 7.60. The van der Waals surface area contributed by atoms with Gasteiger partial charge in [-0.3, -0.25) is 4.79 Å². The van der Waals surface area contributed by atoms with Gasteiger partial charge in [-0.25, -0.2) is 24.3 Å². The highest BCUT2D eigenvalue weighted by Crippen LogP contribution is 2.28. The molecule has 0 radical (unpaired) electrons. The molecule has 1 aliphatic rings. The number of carbonyl (C=O) groups is 1. The molecule has 0 saturated carbocycles. The first-order valence-corrected chi connectivity index (χ1v) is 10.2. The fraction of sp³-hybridized carbons (Fsp3) is 0.174. The first-order valence-electron chi connectivity index (χ1n) is 10.2. The Balaban J connectivity index is 1.33. The van der Waals surface area contributed by atoms with Crippen LogP contribution in [0, 0.1) is 5.82 Å². The number of rotatable bonds is 5. The first kappa shape index (κ1) is 19.8. The predicted octanol–water partition coefficient (Wildman–Crippen LogP) is 3.53. The standard InChI is InChI=1S/C23H20FN7O/c1-2-21(32)28-16-4-5-18-20(10-16)26-13-27-22(18)31-8-7-17(12-31)29-23-25-11-14-9-15(24)3-6-19(14)30-23/h2-6,9-11,13,17H,1,7-8,12H2,(H,28,32)(H,25,29,30). The molecule has 1 unspecified atom stereocenters. The zero-order chi connectivity index (χ0) is 22.1. The summed E-state index contributed by atoms with van der Waals surface area (Å²) in [4.78, 5) is 31.4. The van der Waals surface area contributed by atoms with E-state index < -0.39 is 0 Å². The van der Waals surface area contributed by atoms with Crippen LogP contribution in [0.3, 0.4) is 0 Å². The number of anilines is 3. The van der Waals surface area contributed by atoms with E-state index >= 15 is 0 Å². The lowest BCUT2D eigenvalue weighted by Gasteiger charge is -2.19. The smallest absolute Gasteiger partial charge is 0.247 e. The number of fused-ring (bicyclic) bond motifs is 2. The van der Waals surface area contributed by atoms with Crippen LogP contribution in [0.15, 0.2) is 61.6 Å². The van der Waals surface area contributed by atoms with E-state index in [2.05, 4.69) is 42.0 Å². The SMILES string of the molecule is C=CC(=O)Nc1ccc2c(N3CCC(Nc4ncc5cc(F)ccc5n4)C3)ncnc2c1. The van der Waals surface area contributed by atoms with Crippen molar-refractivity contribution in [2.45, 2.75) is 12.5 Å². The molecule has 3 heterocycles. The zero-order valence-electron chi connectivity index (χ0n) is 17.1. The Hall–Kier alpha value is -4.14. The second-order valence-electron chi connectivity index (χ2n) is 7.60. The lowest BCUT2D eigenvalue weighted by atomic mass is 10.2. The average Bonchev–Trinajstić information content (AvgIpc) is 3.26. The first-order chi connectivity index (χ1) is 15.6. The minimum Gasteiger partial charge on any atom is -0.354 e. The van der Waals surface area contributed by atoms with Crippen LogP contribution in [0.2, 0.25) is 0 Å². The normalized spacial score (nSPS) is 15.8. The molecule has 32 heavy (non-hydrogen) atoms. The van der Waals surface area contributed by atoms with Crippen LogP contribution in [0.4, 0.5) is 21.8 Å². The maximum absolute atomic E-state index is 13.4. The molecule has 2 aromatic heterocycles. The number of benzene rings is 2. The van der Waals surface area contributed by atoms with Gasteiger partial charge in [-0.05, 0) is 48.9 Å². The third-order valence-corrected chi connectivity index (χ3v) is 5.43. The molecule has 1 aliphatic heterocycles. The Morgan fingerprint density at radius 1 is 1.16 bits per heavy atom. The van der Waals surface area contributed by atoms with Gasteiger partial charge < -0.3 is 15.5 Å². The van der Waals surface area contributed by atoms with Crippen molar-refractivity contribution >= 4 is 45.2 Å². The summed E-state index contributed by atoms with van der Waals surface area (Å²) >= 11 is 0. The number of amides is 1. The molecule has 1 fully saturated rings. The Morgan fingerprint density at radius 2 is 2.06 bits per heavy atom. The van der Waals surface area contributed by atoms with Gasteiger partial charge in [-0.15, -0.1) is 0 Å². The van der Waals surface area contributed by atoms with Crippen LogP contribution in [-0.4, -0.2) is 45.0 Å². The predicted molar refractivity (Wildman–Crippen MR) is 122 cm³/mol. The number of hydrogen-bond acceptors (Lipinski definition) is 7. The van der Waals surface area contributed by atoms with E-state index in [9.17, 15) is 9.18 Å². The Labute approximate surface area is 183 Å². The second kappa shape index (κ2) is 8.18. The van der Waals surface area contributed by atoms with Crippen LogP contribution in [-0.2, 0) is 4.79 Å². The average molecular weight is 429 g/mol. The number of aromatic nitrogens is 4. The fourth-order valence-electron chi connectivity index (χ4n) is 3.89. The maximum atomic E-state index is 13.4. The summed E-state index contributed by atoms with van der Waals surface area (Å²) in [7, 11) is 0. The molecule has 8 nitrogen and oxygen atoms in total. The summed E-state index contributed by atoms with van der Waals surface area (Å²) in [6.07, 6.45) is 5.28. The van der Waals surface area contributed by atoms with Crippen LogP contribution in [0.5, 0.6) is 0 Å². The van der Waals surface area contributed by atoms with Crippen molar-refractivity contribution in [3.63, 3.8) is 0 Å². The van der Waals surface area contributed by atoms with Crippen LogP contribution in [0.25, 0.3) is 21.8 Å². The van der Waals surface area contributed by atoms with Crippen molar-refractivity contribution in [2.75, 3.05) is 28.6 Å². The molecule has 9 heteroatoms. The van der Waals surface area contributed by atoms with Gasteiger partial charge in [0.05, 0.1) is 11.0 Å². The van der Waals surface area contributed by atoms with E-state index in [1.807, 2.05) is 18.2 Å². The van der Waals surface area contributed by atoms with E-state index in [-0.39, 0.29) is 17.8 Å². The van der Waals surface area contributed by atoms with E-state index in [0.717, 1.165) is 36.2 Å². The van der Waals surface area contributed by atoms with E-state index in [1.54, 1.807) is 12.3 Å². The van der Waals surface area contributed by atoms with Crippen molar-refractivity contribution in [1.29, 1.82) is 0 Å². The lowest BCUT2D eigenvalue weighted by Crippen LogP contribution is -2.27. The van der Waals surface area contributed by atoms with E-state index in [1.165, 1.54) is 24.5 Å². The van der Waals surface area contributed by atoms with Crippen LogP contribution < -0.4 is 15.5 Å². The molecule has 160 valence electrons. The topological polar surface area (TPSA) is 95.9 Å². The Kier molecular flexibility index (Phi) is 5.06. The highest BCUT2D eigenvalue weighted by atomic mass is 19.1. The molecule has 1 saturated heterocycles. The zero-order valence-corrected chi connectivity index (χ0v) is 17.1. The maximum Gasteiger partial charge on any atom is 0.247 e. The number of nitrogens with zero attached hydrogens (tertiary/aromatic N) is 5. The van der Waals surface area contributed by atoms with Gasteiger partial charge in [0.25, 0.3) is 0 Å². The minimum absolute atomic E-state index is 0.143. The molecular formula is C23H20FN7O. The molecular weight excluding hydrogens is 409 g/mol. The summed E-state index contributed by atoms with van der Waals surface area (Å²) in [6.45, 7) is 5.01. The van der Waals surface area contributed by atoms with Gasteiger partial charge in [-0.1, -0.05) is 6.58 Å². The Bertz CT molecular complexity index is 1340. The largest absolute Gasteiger partial charge is 0.354 e. The van der Waals surface area contributed by atoms with Crippen molar-refractivity contribution in [3.05, 3.63) is 67.4 Å². The molecule has 4 aromatic rings. The molecule has 1 atom stereocenters. The lowest BCUT2D eigenvalue weighted by molar-refractivity contribution is -0.111. The highest BCUT2D eigenvalue weighted by Gasteiger charge is 2.25. The van der Waals surface area contributed by atoms with E-state index in [4.69, 9.17) is 0 Å². The number of hydrogen-bond donors (Lipinski definition) is 2. The fourth-order valence-corrected chi connectivity index (χ4v) is 3.89. The van der Waals surface area contributed by atoms with Gasteiger partial charge in [0.2, 0.25) is 11.9 Å². The minimum atomic E-state index is -0.305. The molecule has 0 aliphatic carbocycles. The third kappa shape index (κ3) is 3.92. The van der Waals surface area contributed by atoms with Crippen molar-refractivity contribution in [2.24, 2.45) is 0 Å². The molecule has 0 bridgehead atoms. The summed E-state index contributed by atoms with van der Waals surface area (Å²) in [6, 6.07) is 10.2. The summed E-state index contributed by atoms with van der Waals surface area (Å²) in [5.41, 5.74) is 2.10. The number of nitrogens with one attached hydrogen (secondary N) is 2. The molecule has 2 N–H and O–H groups in total. The molecule has 0 spiro atoms. The van der Waals surface area contributed by atoms with Gasteiger partial charge in [0.1, 0.15) is 18.0 Å². The Morgan fingerprint density at radius 3 is 2.94 bits per heavy atom. The summed E-state index contributed by atoms with van der Waals surface area (Å²) in [5.74, 6) is 0.788. The summed E-state index contributed by atoms with van der Waals surface area (Å²) in [5, 5.41) is 7.70. The van der Waals surface area contributed by atoms with Crippen LogP contribution in [0.1, 0.15) is 6.42 Å². The monoisotopic (exact) mass is 429 g/mol. The van der Waals surface area contributed by atoms with Crippen molar-refractivity contribution in [1.82, 2.24) is 19.9 Å². The third-order valence-electron chi connectivity index (χ3n) is 5.43. The quantitative estimate of drug-likeness (QED) is 0.469. The molecule has 5 rings (SSSR count). The molecule has 1 amide bonds. The van der Waals surface area contributed by atoms with Gasteiger partial charge in [0.15, 0.2) is 0 Å².